The standard InChI is InChI=1S/C56H36N4/c1-3-17-37(18-4-1)40-23-15-24-41(35-40)46-36-47(58-56(57-46)39-20-5-2-6-21-39)43-26-9-12-29-49(43)60-51-31-14-11-28-45(51)55-53(60)34-33-52-54(55)44-27-10-13-30-50(44)59(52)48-32-16-22-38-19-7-8-25-42(38)48/h1-36H. The molecular formula is C56H36N4. The lowest BCUT2D eigenvalue weighted by Gasteiger charge is -2.16. The molecule has 0 aliphatic carbocycles. The van der Waals surface area contributed by atoms with Gasteiger partial charge in [-0.2, -0.15) is 0 Å². The number of rotatable bonds is 6. The lowest BCUT2D eigenvalue weighted by Crippen LogP contribution is -2.01. The van der Waals surface area contributed by atoms with Crippen molar-refractivity contribution >= 4 is 54.4 Å². The number of hydrogen-bond acceptors (Lipinski definition) is 2. The van der Waals surface area contributed by atoms with Gasteiger partial charge in [0.15, 0.2) is 5.82 Å². The summed E-state index contributed by atoms with van der Waals surface area (Å²) in [5.74, 6) is 0.688. The molecule has 9 aromatic carbocycles. The molecule has 0 fully saturated rings. The third-order valence-corrected chi connectivity index (χ3v) is 11.9. The zero-order valence-corrected chi connectivity index (χ0v) is 32.6. The third-order valence-electron chi connectivity index (χ3n) is 11.9. The van der Waals surface area contributed by atoms with Gasteiger partial charge in [-0.1, -0.05) is 170 Å². The fraction of sp³-hybridized carbons (Fsp3) is 0. The van der Waals surface area contributed by atoms with Crippen molar-refractivity contribution in [2.75, 3.05) is 0 Å². The van der Waals surface area contributed by atoms with E-state index in [1.807, 2.05) is 18.2 Å². The molecule has 12 rings (SSSR count). The predicted octanol–water partition coefficient (Wildman–Crippen LogP) is 14.5. The van der Waals surface area contributed by atoms with Crippen LogP contribution in [-0.2, 0) is 0 Å². The Hall–Kier alpha value is -8.08. The molecule has 12 aromatic rings. The summed E-state index contributed by atoms with van der Waals surface area (Å²) < 4.78 is 4.89. The fourth-order valence-corrected chi connectivity index (χ4v) is 9.26. The molecule has 3 heterocycles. The number of fused-ring (bicyclic) bond motifs is 8. The van der Waals surface area contributed by atoms with Crippen molar-refractivity contribution in [3.05, 3.63) is 218 Å². The summed E-state index contributed by atoms with van der Waals surface area (Å²) in [5, 5.41) is 7.37. The fourth-order valence-electron chi connectivity index (χ4n) is 9.26. The Morgan fingerprint density at radius 1 is 0.300 bits per heavy atom. The Kier molecular flexibility index (Phi) is 7.82. The zero-order valence-electron chi connectivity index (χ0n) is 32.6. The second-order valence-electron chi connectivity index (χ2n) is 15.3. The van der Waals surface area contributed by atoms with E-state index in [1.54, 1.807) is 0 Å². The first kappa shape index (κ1) is 34.0. The summed E-state index contributed by atoms with van der Waals surface area (Å²) in [6.07, 6.45) is 0. The predicted molar refractivity (Wildman–Crippen MR) is 250 cm³/mol. The monoisotopic (exact) mass is 764 g/mol. The van der Waals surface area contributed by atoms with Gasteiger partial charge < -0.3 is 9.13 Å². The van der Waals surface area contributed by atoms with E-state index >= 15 is 0 Å². The molecule has 60 heavy (non-hydrogen) atoms. The Balaban J connectivity index is 1.12. The van der Waals surface area contributed by atoms with Gasteiger partial charge >= 0.3 is 0 Å². The first-order chi connectivity index (χ1) is 29.8. The van der Waals surface area contributed by atoms with E-state index in [-0.39, 0.29) is 0 Å². The molecule has 0 radical (unpaired) electrons. The molecule has 0 saturated carbocycles. The minimum Gasteiger partial charge on any atom is -0.309 e. The van der Waals surface area contributed by atoms with Crippen LogP contribution in [0.1, 0.15) is 0 Å². The van der Waals surface area contributed by atoms with Crippen LogP contribution in [0.3, 0.4) is 0 Å². The first-order valence-electron chi connectivity index (χ1n) is 20.4. The van der Waals surface area contributed by atoms with Crippen molar-refractivity contribution in [2.45, 2.75) is 0 Å². The Bertz CT molecular complexity index is 3590. The second kappa shape index (κ2) is 13.8. The van der Waals surface area contributed by atoms with Crippen molar-refractivity contribution in [1.82, 2.24) is 19.1 Å². The molecule has 4 heteroatoms. The van der Waals surface area contributed by atoms with E-state index in [0.29, 0.717) is 5.82 Å². The maximum Gasteiger partial charge on any atom is 0.160 e. The Morgan fingerprint density at radius 2 is 0.800 bits per heavy atom. The quantitative estimate of drug-likeness (QED) is 0.169. The highest BCUT2D eigenvalue weighted by Crippen LogP contribution is 2.44. The highest BCUT2D eigenvalue weighted by Gasteiger charge is 2.23. The summed E-state index contributed by atoms with van der Waals surface area (Å²) in [4.78, 5) is 10.6. The van der Waals surface area contributed by atoms with Crippen LogP contribution in [0.25, 0.3) is 111 Å². The number of hydrogen-bond donors (Lipinski definition) is 0. The number of benzene rings is 9. The maximum atomic E-state index is 5.34. The van der Waals surface area contributed by atoms with E-state index in [4.69, 9.17) is 9.97 Å². The molecule has 0 aliphatic rings. The second-order valence-corrected chi connectivity index (χ2v) is 15.3. The summed E-state index contributed by atoms with van der Waals surface area (Å²) in [5.41, 5.74) is 14.0. The molecule has 4 nitrogen and oxygen atoms in total. The van der Waals surface area contributed by atoms with E-state index in [0.717, 1.165) is 50.4 Å². The first-order valence-corrected chi connectivity index (χ1v) is 20.4. The molecule has 0 amide bonds. The van der Waals surface area contributed by atoms with Crippen LogP contribution < -0.4 is 0 Å². The molecule has 280 valence electrons. The normalized spacial score (nSPS) is 11.7. The van der Waals surface area contributed by atoms with Crippen molar-refractivity contribution in [3.8, 4) is 56.4 Å². The van der Waals surface area contributed by atoms with Gasteiger partial charge in [-0.05, 0) is 65.0 Å². The summed E-state index contributed by atoms with van der Waals surface area (Å²) in [6, 6.07) is 77.9. The summed E-state index contributed by atoms with van der Waals surface area (Å²) in [7, 11) is 0. The number of aromatic nitrogens is 4. The highest BCUT2D eigenvalue weighted by molar-refractivity contribution is 6.29. The van der Waals surface area contributed by atoms with Crippen molar-refractivity contribution in [2.24, 2.45) is 0 Å². The van der Waals surface area contributed by atoms with Crippen LogP contribution in [0.2, 0.25) is 0 Å². The van der Waals surface area contributed by atoms with Crippen LogP contribution in [0.4, 0.5) is 0 Å². The largest absolute Gasteiger partial charge is 0.309 e. The molecule has 0 bridgehead atoms. The topological polar surface area (TPSA) is 35.6 Å². The minimum absolute atomic E-state index is 0.688. The molecular weight excluding hydrogens is 729 g/mol. The van der Waals surface area contributed by atoms with Gasteiger partial charge in [-0.3, -0.25) is 0 Å². The highest BCUT2D eigenvalue weighted by atomic mass is 15.0. The van der Waals surface area contributed by atoms with Gasteiger partial charge in [0.1, 0.15) is 0 Å². The Labute approximate surface area is 346 Å². The smallest absolute Gasteiger partial charge is 0.160 e. The molecule has 0 unspecified atom stereocenters. The van der Waals surface area contributed by atoms with Crippen LogP contribution >= 0.6 is 0 Å². The van der Waals surface area contributed by atoms with E-state index in [1.165, 1.54) is 54.6 Å². The average Bonchev–Trinajstić information content (AvgIpc) is 3.84. The van der Waals surface area contributed by atoms with Crippen molar-refractivity contribution < 1.29 is 0 Å². The molecule has 0 spiro atoms. The molecule has 0 aliphatic heterocycles. The molecule has 3 aromatic heterocycles. The van der Waals surface area contributed by atoms with Gasteiger partial charge in [0, 0.05) is 43.6 Å². The van der Waals surface area contributed by atoms with Gasteiger partial charge in [0.2, 0.25) is 0 Å². The third kappa shape index (κ3) is 5.39. The number of para-hydroxylation sites is 3. The maximum absolute atomic E-state index is 5.34. The van der Waals surface area contributed by atoms with E-state index < -0.39 is 0 Å². The van der Waals surface area contributed by atoms with E-state index in [9.17, 15) is 0 Å². The molecule has 0 saturated heterocycles. The lowest BCUT2D eigenvalue weighted by molar-refractivity contribution is 1.15. The SMILES string of the molecule is c1ccc(-c2cccc(-c3cc(-c4ccccc4-n4c5ccccc5c5c6c7ccccc7n(-c7cccc8ccccc78)c6ccc54)nc(-c4ccccc4)n3)c2)cc1. The van der Waals surface area contributed by atoms with Crippen LogP contribution in [0, 0.1) is 0 Å². The summed E-state index contributed by atoms with van der Waals surface area (Å²) >= 11 is 0. The van der Waals surface area contributed by atoms with E-state index in [2.05, 4.69) is 209 Å². The van der Waals surface area contributed by atoms with Gasteiger partial charge in [0.05, 0.1) is 44.8 Å². The van der Waals surface area contributed by atoms with Crippen molar-refractivity contribution in [3.63, 3.8) is 0 Å². The van der Waals surface area contributed by atoms with Crippen LogP contribution in [0.5, 0.6) is 0 Å². The molecule has 0 N–H and O–H groups in total. The van der Waals surface area contributed by atoms with Gasteiger partial charge in [-0.25, -0.2) is 9.97 Å². The van der Waals surface area contributed by atoms with Crippen LogP contribution in [-0.4, -0.2) is 19.1 Å². The Morgan fingerprint density at radius 3 is 1.53 bits per heavy atom. The lowest BCUT2D eigenvalue weighted by atomic mass is 10.00. The van der Waals surface area contributed by atoms with Gasteiger partial charge in [-0.15, -0.1) is 0 Å². The van der Waals surface area contributed by atoms with Crippen LogP contribution in [0.15, 0.2) is 218 Å². The van der Waals surface area contributed by atoms with Crippen molar-refractivity contribution in [1.29, 1.82) is 0 Å². The molecule has 0 atom stereocenters. The average molecular weight is 765 g/mol. The van der Waals surface area contributed by atoms with Gasteiger partial charge in [0.25, 0.3) is 0 Å². The zero-order chi connectivity index (χ0) is 39.6. The number of nitrogens with zero attached hydrogens (tertiary/aromatic N) is 4. The summed E-state index contributed by atoms with van der Waals surface area (Å²) in [6.45, 7) is 0. The minimum atomic E-state index is 0.688.